The van der Waals surface area contributed by atoms with E-state index in [1.54, 1.807) is 0 Å². The van der Waals surface area contributed by atoms with E-state index in [2.05, 4.69) is 5.32 Å². The van der Waals surface area contributed by atoms with Crippen molar-refractivity contribution in [1.29, 1.82) is 0 Å². The van der Waals surface area contributed by atoms with Crippen LogP contribution in [0.2, 0.25) is 0 Å². The Labute approximate surface area is 91.3 Å². The summed E-state index contributed by atoms with van der Waals surface area (Å²) in [5.41, 5.74) is 5.93. The zero-order chi connectivity index (χ0) is 11.5. The molecule has 1 aliphatic heterocycles. The third-order valence-electron chi connectivity index (χ3n) is 2.15. The molecule has 1 aromatic rings. The average Bonchev–Trinajstić information content (AvgIpc) is 2.66. The van der Waals surface area contributed by atoms with E-state index in [-0.39, 0.29) is 18.5 Å². The van der Waals surface area contributed by atoms with E-state index in [9.17, 15) is 9.18 Å². The van der Waals surface area contributed by atoms with Gasteiger partial charge in [0, 0.05) is 6.07 Å². The Bertz CT molecular complexity index is 411. The summed E-state index contributed by atoms with van der Waals surface area (Å²) >= 11 is 0. The van der Waals surface area contributed by atoms with E-state index < -0.39 is 11.9 Å². The molecule has 0 aromatic heterocycles. The molecule has 5 nitrogen and oxygen atoms in total. The number of cyclic esters (lactones) is 1. The van der Waals surface area contributed by atoms with Gasteiger partial charge in [-0.15, -0.1) is 0 Å². The lowest BCUT2D eigenvalue weighted by Crippen LogP contribution is -2.22. The lowest BCUT2D eigenvalue weighted by Gasteiger charge is -2.11. The summed E-state index contributed by atoms with van der Waals surface area (Å²) < 4.78 is 23.0. The fourth-order valence-electron chi connectivity index (χ4n) is 1.34. The zero-order valence-corrected chi connectivity index (χ0v) is 8.40. The van der Waals surface area contributed by atoms with Gasteiger partial charge in [-0.1, -0.05) is 0 Å². The summed E-state index contributed by atoms with van der Waals surface area (Å²) in [6, 6.07) is 3.86. The number of amides is 1. The molecule has 1 heterocycles. The minimum atomic E-state index is -0.471. The fourth-order valence-corrected chi connectivity index (χ4v) is 1.34. The van der Waals surface area contributed by atoms with Crippen LogP contribution in [0.15, 0.2) is 18.2 Å². The Morgan fingerprint density at radius 2 is 2.44 bits per heavy atom. The molecular weight excluding hydrogens is 215 g/mol. The van der Waals surface area contributed by atoms with Gasteiger partial charge in [0.15, 0.2) is 6.10 Å². The van der Waals surface area contributed by atoms with Crippen LogP contribution in [0.3, 0.4) is 0 Å². The average molecular weight is 226 g/mol. The number of alkyl carbamates (subject to hydrolysis) is 1. The van der Waals surface area contributed by atoms with Crippen LogP contribution in [-0.2, 0) is 4.74 Å². The molecule has 86 valence electrons. The van der Waals surface area contributed by atoms with E-state index in [4.69, 9.17) is 15.2 Å². The fraction of sp³-hybridized carbons (Fsp3) is 0.300. The zero-order valence-electron chi connectivity index (χ0n) is 8.40. The van der Waals surface area contributed by atoms with Crippen LogP contribution in [0.4, 0.5) is 14.9 Å². The number of rotatable bonds is 3. The summed E-state index contributed by atoms with van der Waals surface area (Å²) in [5, 5.41) is 2.49. The van der Waals surface area contributed by atoms with Crippen molar-refractivity contribution in [2.45, 2.75) is 6.10 Å². The molecule has 1 amide bonds. The highest BCUT2D eigenvalue weighted by Crippen LogP contribution is 2.22. The van der Waals surface area contributed by atoms with E-state index >= 15 is 0 Å². The summed E-state index contributed by atoms with van der Waals surface area (Å²) in [6.45, 7) is 0.528. The molecule has 1 aliphatic rings. The SMILES string of the molecule is Nc1ccc(F)cc1OCC1CNC(=O)O1. The molecule has 1 aromatic carbocycles. The maximum atomic E-state index is 12.9. The van der Waals surface area contributed by atoms with Crippen molar-refractivity contribution in [3.63, 3.8) is 0 Å². The lowest BCUT2D eigenvalue weighted by molar-refractivity contribution is 0.105. The number of benzene rings is 1. The largest absolute Gasteiger partial charge is 0.487 e. The Morgan fingerprint density at radius 1 is 1.62 bits per heavy atom. The van der Waals surface area contributed by atoms with Crippen LogP contribution in [0.5, 0.6) is 5.75 Å². The van der Waals surface area contributed by atoms with Crippen LogP contribution >= 0.6 is 0 Å². The second-order valence-electron chi connectivity index (χ2n) is 3.40. The topological polar surface area (TPSA) is 73.6 Å². The van der Waals surface area contributed by atoms with Crippen LogP contribution in [0.1, 0.15) is 0 Å². The van der Waals surface area contributed by atoms with Crippen LogP contribution in [0, 0.1) is 5.82 Å². The Morgan fingerprint density at radius 3 is 3.12 bits per heavy atom. The number of nitrogens with two attached hydrogens (primary N) is 1. The maximum Gasteiger partial charge on any atom is 0.407 e. The number of carbonyl (C=O) groups is 1. The first-order valence-electron chi connectivity index (χ1n) is 4.77. The van der Waals surface area contributed by atoms with Gasteiger partial charge in [-0.25, -0.2) is 9.18 Å². The van der Waals surface area contributed by atoms with E-state index in [0.29, 0.717) is 12.2 Å². The van der Waals surface area contributed by atoms with Crippen LogP contribution in [-0.4, -0.2) is 25.3 Å². The standard InChI is InChI=1S/C10H11FN2O3/c11-6-1-2-8(12)9(3-6)15-5-7-4-13-10(14)16-7/h1-3,7H,4-5,12H2,(H,13,14). The Hall–Kier alpha value is -1.98. The molecule has 1 saturated heterocycles. The number of carbonyl (C=O) groups excluding carboxylic acids is 1. The number of nitrogen functional groups attached to an aromatic ring is 1. The van der Waals surface area contributed by atoms with Gasteiger partial charge in [0.25, 0.3) is 0 Å². The van der Waals surface area contributed by atoms with Gasteiger partial charge < -0.3 is 20.5 Å². The van der Waals surface area contributed by atoms with Crippen LogP contribution < -0.4 is 15.8 Å². The highest BCUT2D eigenvalue weighted by molar-refractivity contribution is 5.69. The van der Waals surface area contributed by atoms with Crippen molar-refractivity contribution in [2.75, 3.05) is 18.9 Å². The first-order valence-corrected chi connectivity index (χ1v) is 4.77. The number of ether oxygens (including phenoxy) is 2. The molecular formula is C10H11FN2O3. The molecule has 16 heavy (non-hydrogen) atoms. The number of hydrogen-bond acceptors (Lipinski definition) is 4. The van der Waals surface area contributed by atoms with Crippen LogP contribution in [0.25, 0.3) is 0 Å². The van der Waals surface area contributed by atoms with E-state index in [0.717, 1.165) is 0 Å². The number of nitrogens with one attached hydrogen (secondary N) is 1. The van der Waals surface area contributed by atoms with Crippen molar-refractivity contribution in [2.24, 2.45) is 0 Å². The maximum absolute atomic E-state index is 12.9. The molecule has 1 fully saturated rings. The predicted octanol–water partition coefficient (Wildman–Crippen LogP) is 0.895. The van der Waals surface area contributed by atoms with Crippen molar-refractivity contribution in [3.05, 3.63) is 24.0 Å². The monoisotopic (exact) mass is 226 g/mol. The highest BCUT2D eigenvalue weighted by Gasteiger charge is 2.23. The van der Waals surface area contributed by atoms with E-state index in [1.165, 1.54) is 18.2 Å². The van der Waals surface area contributed by atoms with Crippen molar-refractivity contribution in [3.8, 4) is 5.75 Å². The smallest absolute Gasteiger partial charge is 0.407 e. The number of anilines is 1. The molecule has 6 heteroatoms. The molecule has 0 bridgehead atoms. The van der Waals surface area contributed by atoms with Gasteiger partial charge in [0.1, 0.15) is 18.2 Å². The van der Waals surface area contributed by atoms with Gasteiger partial charge in [0.05, 0.1) is 12.2 Å². The van der Waals surface area contributed by atoms with Gasteiger partial charge in [-0.2, -0.15) is 0 Å². The predicted molar refractivity (Wildman–Crippen MR) is 54.6 cm³/mol. The van der Waals surface area contributed by atoms with Gasteiger partial charge >= 0.3 is 6.09 Å². The first-order chi connectivity index (χ1) is 7.65. The second-order valence-corrected chi connectivity index (χ2v) is 3.40. The Balaban J connectivity index is 1.94. The highest BCUT2D eigenvalue weighted by atomic mass is 19.1. The van der Waals surface area contributed by atoms with Gasteiger partial charge in [0.2, 0.25) is 0 Å². The first kappa shape index (κ1) is 10.5. The molecule has 0 saturated carbocycles. The number of halogens is 1. The molecule has 0 spiro atoms. The second kappa shape index (κ2) is 4.26. The normalized spacial score (nSPS) is 19.1. The summed E-state index contributed by atoms with van der Waals surface area (Å²) in [5.74, 6) is -0.173. The third kappa shape index (κ3) is 2.33. The van der Waals surface area contributed by atoms with Gasteiger partial charge in [-0.3, -0.25) is 0 Å². The summed E-state index contributed by atoms with van der Waals surface area (Å²) in [4.78, 5) is 10.7. The summed E-state index contributed by atoms with van der Waals surface area (Å²) in [7, 11) is 0. The molecule has 1 unspecified atom stereocenters. The quantitative estimate of drug-likeness (QED) is 0.751. The number of hydrogen-bond donors (Lipinski definition) is 2. The van der Waals surface area contributed by atoms with Crippen molar-refractivity contribution >= 4 is 11.8 Å². The Kier molecular flexibility index (Phi) is 2.80. The lowest BCUT2D eigenvalue weighted by atomic mass is 10.3. The van der Waals surface area contributed by atoms with E-state index in [1.807, 2.05) is 0 Å². The third-order valence-corrected chi connectivity index (χ3v) is 2.15. The summed E-state index contributed by atoms with van der Waals surface area (Å²) in [6.07, 6.45) is -0.837. The van der Waals surface area contributed by atoms with Crippen molar-refractivity contribution < 1.29 is 18.7 Å². The molecule has 2 rings (SSSR count). The molecule has 0 aliphatic carbocycles. The minimum Gasteiger partial charge on any atom is -0.487 e. The minimum absolute atomic E-state index is 0.145. The molecule has 1 atom stereocenters. The molecule has 0 radical (unpaired) electrons. The van der Waals surface area contributed by atoms with Gasteiger partial charge in [-0.05, 0) is 12.1 Å². The van der Waals surface area contributed by atoms with Crippen molar-refractivity contribution in [1.82, 2.24) is 5.32 Å². The molecule has 3 N–H and O–H groups in total.